The van der Waals surface area contributed by atoms with Crippen LogP contribution in [0.25, 0.3) is 10.9 Å². The van der Waals surface area contributed by atoms with Crippen LogP contribution in [0.1, 0.15) is 47.9 Å². The number of para-hydroxylation sites is 1. The molecule has 266 valence electrons. The molecule has 0 spiro atoms. The first-order valence-corrected chi connectivity index (χ1v) is 17.7. The Labute approximate surface area is 299 Å². The van der Waals surface area contributed by atoms with Gasteiger partial charge in [0, 0.05) is 36.0 Å². The average Bonchev–Trinajstić information content (AvgIpc) is 3.58. The summed E-state index contributed by atoms with van der Waals surface area (Å²) in [6.07, 6.45) is 6.23. The van der Waals surface area contributed by atoms with Crippen LogP contribution in [0.2, 0.25) is 0 Å². The number of hydroxylamine groups is 1. The van der Waals surface area contributed by atoms with E-state index in [4.69, 9.17) is 4.74 Å². The maximum absolute atomic E-state index is 14.4. The van der Waals surface area contributed by atoms with Crippen molar-refractivity contribution in [3.8, 4) is 5.75 Å². The van der Waals surface area contributed by atoms with Crippen molar-refractivity contribution in [2.24, 2.45) is 11.8 Å². The Morgan fingerprint density at radius 3 is 1.88 bits per heavy atom. The van der Waals surface area contributed by atoms with Crippen LogP contribution < -0.4 is 20.9 Å². The van der Waals surface area contributed by atoms with E-state index in [-0.39, 0.29) is 18.2 Å². The van der Waals surface area contributed by atoms with Gasteiger partial charge in [0.25, 0.3) is 0 Å². The quantitative estimate of drug-likeness (QED) is 0.0510. The number of carbonyl (C=O) groups excluding carboxylic acids is 3. The third-order valence-electron chi connectivity index (χ3n) is 9.52. The van der Waals surface area contributed by atoms with Crippen molar-refractivity contribution in [3.05, 3.63) is 138 Å². The fourth-order valence-corrected chi connectivity index (χ4v) is 6.71. The number of methoxy groups -OCH3 is 1. The summed E-state index contributed by atoms with van der Waals surface area (Å²) in [5, 5.41) is 16.9. The van der Waals surface area contributed by atoms with Gasteiger partial charge in [-0.05, 0) is 85.4 Å². The monoisotopic (exact) mass is 688 g/mol. The molecule has 0 fully saturated rings. The Morgan fingerprint density at radius 1 is 0.686 bits per heavy atom. The van der Waals surface area contributed by atoms with Gasteiger partial charge in [0.2, 0.25) is 17.7 Å². The molecule has 0 saturated heterocycles. The number of ether oxygens (including phenoxy) is 1. The van der Waals surface area contributed by atoms with Crippen LogP contribution in [-0.2, 0) is 40.1 Å². The number of amides is 3. The lowest BCUT2D eigenvalue weighted by Gasteiger charge is -2.27. The van der Waals surface area contributed by atoms with Crippen LogP contribution in [0.5, 0.6) is 5.75 Å². The van der Waals surface area contributed by atoms with E-state index >= 15 is 0 Å². The zero-order valence-electron chi connectivity index (χ0n) is 29.1. The van der Waals surface area contributed by atoms with Gasteiger partial charge in [-0.15, -0.1) is 0 Å². The minimum Gasteiger partial charge on any atom is -0.497 e. The Kier molecular flexibility index (Phi) is 13.8. The number of carbonyl (C=O) groups is 3. The number of aromatic amines is 1. The zero-order valence-corrected chi connectivity index (χ0v) is 29.1. The predicted molar refractivity (Wildman–Crippen MR) is 199 cm³/mol. The number of aromatic nitrogens is 1. The molecule has 0 unspecified atom stereocenters. The van der Waals surface area contributed by atoms with E-state index in [1.165, 1.54) is 0 Å². The summed E-state index contributed by atoms with van der Waals surface area (Å²) in [6.45, 7) is 0.406. The van der Waals surface area contributed by atoms with Crippen LogP contribution in [0.15, 0.2) is 115 Å². The van der Waals surface area contributed by atoms with Crippen LogP contribution in [0, 0.1) is 11.8 Å². The molecule has 0 aliphatic carbocycles. The number of fused-ring (bicyclic) bond motifs is 1. The van der Waals surface area contributed by atoms with Gasteiger partial charge >= 0.3 is 0 Å². The van der Waals surface area contributed by atoms with Gasteiger partial charge in [0.1, 0.15) is 11.8 Å². The number of hydrogen-bond acceptors (Lipinski definition) is 5. The second-order valence-corrected chi connectivity index (χ2v) is 13.0. The lowest BCUT2D eigenvalue weighted by Crippen LogP contribution is -2.52. The van der Waals surface area contributed by atoms with Crippen molar-refractivity contribution >= 4 is 28.6 Å². The zero-order chi connectivity index (χ0) is 35.8. The second-order valence-electron chi connectivity index (χ2n) is 13.0. The molecule has 5 rings (SSSR count). The first-order valence-electron chi connectivity index (χ1n) is 17.7. The largest absolute Gasteiger partial charge is 0.497 e. The Balaban J connectivity index is 1.36. The van der Waals surface area contributed by atoms with Gasteiger partial charge in [-0.2, -0.15) is 0 Å². The number of H-pyrrole nitrogens is 1. The topological polar surface area (TPSA) is 133 Å². The third-order valence-corrected chi connectivity index (χ3v) is 9.52. The second kappa shape index (κ2) is 19.1. The van der Waals surface area contributed by atoms with Crippen molar-refractivity contribution in [1.82, 2.24) is 21.1 Å². The molecule has 0 bridgehead atoms. The van der Waals surface area contributed by atoms with Crippen LogP contribution in [-0.4, -0.2) is 47.6 Å². The molecule has 51 heavy (non-hydrogen) atoms. The van der Waals surface area contributed by atoms with E-state index in [0.717, 1.165) is 45.3 Å². The van der Waals surface area contributed by atoms with Gasteiger partial charge < -0.3 is 20.4 Å². The molecule has 9 nitrogen and oxygen atoms in total. The third kappa shape index (κ3) is 10.8. The van der Waals surface area contributed by atoms with Crippen molar-refractivity contribution in [2.45, 2.75) is 57.4 Å². The molecule has 0 saturated carbocycles. The maximum Gasteiger partial charge on any atom is 0.247 e. The SMILES string of the molecule is COc1ccc(CCC[C@H](C(=O)N[C@H](Cc2c[nH]c3ccccc23)C(=O)NCCc2ccccc2)[C@@H](CCCc2ccccc2)C(=O)NO)cc1. The van der Waals surface area contributed by atoms with Gasteiger partial charge in [-0.1, -0.05) is 91.0 Å². The van der Waals surface area contributed by atoms with Crippen LogP contribution >= 0.6 is 0 Å². The molecule has 1 heterocycles. The summed E-state index contributed by atoms with van der Waals surface area (Å²) in [4.78, 5) is 44.7. The van der Waals surface area contributed by atoms with Crippen molar-refractivity contribution in [1.29, 1.82) is 0 Å². The Morgan fingerprint density at radius 2 is 1.25 bits per heavy atom. The van der Waals surface area contributed by atoms with E-state index in [0.29, 0.717) is 45.1 Å². The van der Waals surface area contributed by atoms with Gasteiger partial charge in [0.15, 0.2) is 0 Å². The molecular formula is C42H48N4O5. The highest BCUT2D eigenvalue weighted by Gasteiger charge is 2.35. The molecule has 0 aliphatic heterocycles. The molecule has 9 heteroatoms. The fourth-order valence-electron chi connectivity index (χ4n) is 6.71. The molecule has 3 atom stereocenters. The minimum absolute atomic E-state index is 0.260. The number of rotatable bonds is 19. The first kappa shape index (κ1) is 36.9. The highest BCUT2D eigenvalue weighted by Crippen LogP contribution is 2.27. The van der Waals surface area contributed by atoms with Crippen molar-refractivity contribution in [3.63, 3.8) is 0 Å². The number of aryl methyl sites for hydroxylation is 2. The van der Waals surface area contributed by atoms with Crippen LogP contribution in [0.4, 0.5) is 0 Å². The lowest BCUT2D eigenvalue weighted by atomic mass is 9.82. The molecule has 3 amide bonds. The molecule has 5 N–H and O–H groups in total. The van der Waals surface area contributed by atoms with Crippen molar-refractivity contribution in [2.75, 3.05) is 13.7 Å². The molecule has 0 radical (unpaired) electrons. The molecule has 5 aromatic rings. The normalized spacial score (nSPS) is 12.8. The Hall–Kier alpha value is -5.41. The summed E-state index contributed by atoms with van der Waals surface area (Å²) in [5.41, 5.74) is 6.98. The van der Waals surface area contributed by atoms with Gasteiger partial charge in [-0.3, -0.25) is 19.6 Å². The van der Waals surface area contributed by atoms with E-state index in [2.05, 4.69) is 15.6 Å². The smallest absolute Gasteiger partial charge is 0.247 e. The van der Waals surface area contributed by atoms with E-state index < -0.39 is 23.8 Å². The van der Waals surface area contributed by atoms with E-state index in [9.17, 15) is 19.6 Å². The highest BCUT2D eigenvalue weighted by molar-refractivity contribution is 5.92. The molecular weight excluding hydrogens is 640 g/mol. The number of hydrogen-bond donors (Lipinski definition) is 5. The minimum atomic E-state index is -0.890. The first-order chi connectivity index (χ1) is 24.9. The van der Waals surface area contributed by atoms with E-state index in [1.54, 1.807) is 7.11 Å². The summed E-state index contributed by atoms with van der Waals surface area (Å²) in [7, 11) is 1.62. The van der Waals surface area contributed by atoms with Gasteiger partial charge in [-0.25, -0.2) is 5.48 Å². The molecule has 4 aromatic carbocycles. The van der Waals surface area contributed by atoms with Crippen LogP contribution in [0.3, 0.4) is 0 Å². The number of benzene rings is 4. The Bertz CT molecular complexity index is 1820. The average molecular weight is 689 g/mol. The summed E-state index contributed by atoms with van der Waals surface area (Å²) < 4.78 is 5.29. The maximum atomic E-state index is 14.4. The summed E-state index contributed by atoms with van der Waals surface area (Å²) in [6, 6.07) is 34.6. The fraction of sp³-hybridized carbons (Fsp3) is 0.310. The molecule has 0 aliphatic rings. The lowest BCUT2D eigenvalue weighted by molar-refractivity contribution is -0.141. The summed E-state index contributed by atoms with van der Waals surface area (Å²) in [5.74, 6) is -2.11. The van der Waals surface area contributed by atoms with Crippen molar-refractivity contribution < 1.29 is 24.3 Å². The molecule has 1 aromatic heterocycles. The standard InChI is InChI=1S/C42H48N4O5/c1-51-34-24-22-32(23-25-34)17-11-19-36(37(41(48)46-50)20-10-16-30-12-4-2-5-13-30)40(47)45-39(28-33-29-44-38-21-9-8-18-35(33)38)42(49)43-27-26-31-14-6-3-7-15-31/h2-9,12-15,18,21-25,29,36-37,39,44,50H,10-11,16-17,19-20,26-28H2,1H3,(H,43,49)(H,45,47)(H,46,48)/t36-,37+,39+/m0/s1. The summed E-state index contributed by atoms with van der Waals surface area (Å²) >= 11 is 0. The van der Waals surface area contributed by atoms with Gasteiger partial charge in [0.05, 0.1) is 13.0 Å². The van der Waals surface area contributed by atoms with E-state index in [1.807, 2.05) is 121 Å². The predicted octanol–water partition coefficient (Wildman–Crippen LogP) is 6.35. The highest BCUT2D eigenvalue weighted by atomic mass is 16.5. The number of nitrogens with one attached hydrogen (secondary N) is 4.